The number of halogens is 1. The second-order valence-corrected chi connectivity index (χ2v) is 3.70. The van der Waals surface area contributed by atoms with Crippen LogP contribution in [-0.2, 0) is 0 Å². The van der Waals surface area contributed by atoms with Crippen LogP contribution in [0, 0.1) is 11.0 Å². The summed E-state index contributed by atoms with van der Waals surface area (Å²) in [5.74, 6) is -0.839. The number of rotatable bonds is 3. The van der Waals surface area contributed by atoms with Crippen molar-refractivity contribution in [3.63, 3.8) is 0 Å². The molecule has 0 saturated heterocycles. The fourth-order valence-electron chi connectivity index (χ4n) is 1.37. The van der Waals surface area contributed by atoms with Gasteiger partial charge >= 0.3 is 0 Å². The minimum absolute atomic E-state index is 0.203. The summed E-state index contributed by atoms with van der Waals surface area (Å²) in [6.07, 6.45) is 3.80. The molecule has 0 atom stereocenters. The third-order valence-corrected chi connectivity index (χ3v) is 2.29. The van der Waals surface area contributed by atoms with Crippen molar-refractivity contribution in [1.82, 2.24) is 5.43 Å². The topological polar surface area (TPSA) is 68.4 Å². The second-order valence-electron chi connectivity index (χ2n) is 3.70. The molecule has 0 radical (unpaired) electrons. The van der Waals surface area contributed by atoms with Crippen molar-refractivity contribution in [2.24, 2.45) is 5.10 Å². The average Bonchev–Trinajstić information content (AvgIpc) is 2.41. The molecule has 1 aromatic heterocycles. The maximum atomic E-state index is 12.7. The van der Waals surface area contributed by atoms with Crippen LogP contribution in [0.5, 0.6) is 0 Å². The van der Waals surface area contributed by atoms with Crippen LogP contribution in [0.25, 0.3) is 0 Å². The van der Waals surface area contributed by atoms with Gasteiger partial charge in [0.05, 0.1) is 6.21 Å². The Bertz CT molecular complexity index is 612. The molecule has 2 aromatic rings. The summed E-state index contributed by atoms with van der Waals surface area (Å²) in [6, 6.07) is 8.60. The fraction of sp³-hybridized carbons (Fsp3) is 0. The average molecular weight is 259 g/mol. The van der Waals surface area contributed by atoms with Gasteiger partial charge in [-0.25, -0.2) is 9.82 Å². The van der Waals surface area contributed by atoms with Crippen LogP contribution in [0.1, 0.15) is 15.9 Å². The number of benzene rings is 1. The lowest BCUT2D eigenvalue weighted by Crippen LogP contribution is -2.28. The summed E-state index contributed by atoms with van der Waals surface area (Å²) < 4.78 is 13.2. The van der Waals surface area contributed by atoms with E-state index in [-0.39, 0.29) is 11.4 Å². The Kier molecular flexibility index (Phi) is 3.82. The lowest BCUT2D eigenvalue weighted by Gasteiger charge is -1.99. The SMILES string of the molecule is O=C(N/N=C\c1ccc(F)cc1)c1ccc[n+]([O-])c1. The summed E-state index contributed by atoms with van der Waals surface area (Å²) in [7, 11) is 0. The van der Waals surface area contributed by atoms with Gasteiger partial charge in [-0.2, -0.15) is 9.83 Å². The Hall–Kier alpha value is -2.76. The van der Waals surface area contributed by atoms with Crippen LogP contribution in [-0.4, -0.2) is 12.1 Å². The van der Waals surface area contributed by atoms with Gasteiger partial charge in [-0.3, -0.25) is 4.79 Å². The molecule has 0 bridgehead atoms. The van der Waals surface area contributed by atoms with E-state index in [4.69, 9.17) is 0 Å². The Balaban J connectivity index is 1.98. The van der Waals surface area contributed by atoms with Crippen molar-refractivity contribution >= 4 is 12.1 Å². The first-order valence-electron chi connectivity index (χ1n) is 5.43. The van der Waals surface area contributed by atoms with Crippen LogP contribution in [0.3, 0.4) is 0 Å². The molecule has 0 aliphatic rings. The van der Waals surface area contributed by atoms with Crippen LogP contribution < -0.4 is 10.2 Å². The summed E-state index contributed by atoms with van der Waals surface area (Å²) in [5.41, 5.74) is 3.12. The van der Waals surface area contributed by atoms with Crippen molar-refractivity contribution in [2.45, 2.75) is 0 Å². The summed E-state index contributed by atoms with van der Waals surface area (Å²) >= 11 is 0. The predicted octanol–water partition coefficient (Wildman–Crippen LogP) is 1.22. The highest BCUT2D eigenvalue weighted by molar-refractivity contribution is 5.94. The van der Waals surface area contributed by atoms with Crippen LogP contribution in [0.4, 0.5) is 4.39 Å². The number of amides is 1. The molecule has 0 spiro atoms. The maximum Gasteiger partial charge on any atom is 0.277 e. The van der Waals surface area contributed by atoms with Gasteiger partial charge in [0.15, 0.2) is 12.4 Å². The molecule has 96 valence electrons. The van der Waals surface area contributed by atoms with Gasteiger partial charge in [0.1, 0.15) is 11.4 Å². The van der Waals surface area contributed by atoms with Gasteiger partial charge in [-0.15, -0.1) is 0 Å². The molecule has 1 heterocycles. The lowest BCUT2D eigenvalue weighted by molar-refractivity contribution is -0.605. The van der Waals surface area contributed by atoms with Crippen LogP contribution in [0.2, 0.25) is 0 Å². The van der Waals surface area contributed by atoms with E-state index in [1.165, 1.54) is 48.8 Å². The first kappa shape index (κ1) is 12.7. The van der Waals surface area contributed by atoms with Crippen LogP contribution in [0.15, 0.2) is 53.9 Å². The summed E-state index contributed by atoms with van der Waals surface area (Å²) in [6.45, 7) is 0. The number of pyridine rings is 1. The summed E-state index contributed by atoms with van der Waals surface area (Å²) in [4.78, 5) is 11.6. The van der Waals surface area contributed by atoms with Crippen molar-refractivity contribution < 1.29 is 13.9 Å². The molecule has 5 nitrogen and oxygen atoms in total. The number of hydrogen-bond acceptors (Lipinski definition) is 3. The molecule has 1 amide bonds. The first-order valence-corrected chi connectivity index (χ1v) is 5.43. The molecule has 6 heteroatoms. The number of hydrogen-bond donors (Lipinski definition) is 1. The summed E-state index contributed by atoms with van der Waals surface area (Å²) in [5, 5.41) is 14.7. The van der Waals surface area contributed by atoms with Crippen molar-refractivity contribution in [2.75, 3.05) is 0 Å². The Morgan fingerprint density at radius 3 is 2.74 bits per heavy atom. The smallest absolute Gasteiger partial charge is 0.277 e. The first-order chi connectivity index (χ1) is 9.15. The third-order valence-electron chi connectivity index (χ3n) is 2.29. The zero-order valence-electron chi connectivity index (χ0n) is 9.79. The molecule has 0 aliphatic heterocycles. The lowest BCUT2D eigenvalue weighted by atomic mass is 10.2. The van der Waals surface area contributed by atoms with Crippen molar-refractivity contribution in [3.8, 4) is 0 Å². The highest BCUT2D eigenvalue weighted by Crippen LogP contribution is 1.99. The molecule has 1 N–H and O–H groups in total. The van der Waals surface area contributed by atoms with Gasteiger partial charge in [0.2, 0.25) is 0 Å². The van der Waals surface area contributed by atoms with Crippen LogP contribution >= 0.6 is 0 Å². The molecular weight excluding hydrogens is 249 g/mol. The van der Waals surface area contributed by atoms with Gasteiger partial charge in [-0.1, -0.05) is 12.1 Å². The Morgan fingerprint density at radius 2 is 2.05 bits per heavy atom. The van der Waals surface area contributed by atoms with Gasteiger partial charge in [0, 0.05) is 6.07 Å². The number of carbonyl (C=O) groups is 1. The highest BCUT2D eigenvalue weighted by Gasteiger charge is 2.06. The molecule has 0 saturated carbocycles. The minimum atomic E-state index is -0.497. The quantitative estimate of drug-likeness (QED) is 0.390. The number of carbonyl (C=O) groups excluding carboxylic acids is 1. The Morgan fingerprint density at radius 1 is 1.32 bits per heavy atom. The van der Waals surface area contributed by atoms with Gasteiger partial charge < -0.3 is 5.21 Å². The van der Waals surface area contributed by atoms with Gasteiger partial charge in [-0.05, 0) is 23.8 Å². The number of aromatic nitrogens is 1. The molecule has 0 fully saturated rings. The number of hydrazone groups is 1. The monoisotopic (exact) mass is 259 g/mol. The van der Waals surface area contributed by atoms with E-state index in [0.29, 0.717) is 10.3 Å². The van der Waals surface area contributed by atoms with E-state index in [0.717, 1.165) is 6.20 Å². The van der Waals surface area contributed by atoms with E-state index in [1.54, 1.807) is 0 Å². The molecule has 19 heavy (non-hydrogen) atoms. The second kappa shape index (κ2) is 5.72. The number of nitrogens with zero attached hydrogens (tertiary/aromatic N) is 2. The Labute approximate surface area is 108 Å². The zero-order valence-corrected chi connectivity index (χ0v) is 9.79. The van der Waals surface area contributed by atoms with Crippen molar-refractivity contribution in [1.29, 1.82) is 0 Å². The standard InChI is InChI=1S/C13H10FN3O2/c14-12-5-3-10(4-6-12)8-15-16-13(18)11-2-1-7-17(19)9-11/h1-9H,(H,16,18)/b15-8-. The normalized spacial score (nSPS) is 10.6. The highest BCUT2D eigenvalue weighted by atomic mass is 19.1. The fourth-order valence-corrected chi connectivity index (χ4v) is 1.37. The molecule has 2 rings (SSSR count). The van der Waals surface area contributed by atoms with E-state index < -0.39 is 5.91 Å². The molecule has 0 aliphatic carbocycles. The molecule has 1 aromatic carbocycles. The van der Waals surface area contributed by atoms with E-state index >= 15 is 0 Å². The van der Waals surface area contributed by atoms with E-state index in [2.05, 4.69) is 10.5 Å². The van der Waals surface area contributed by atoms with Crippen molar-refractivity contribution in [3.05, 3.63) is 70.9 Å². The molecular formula is C13H10FN3O2. The van der Waals surface area contributed by atoms with E-state index in [1.807, 2.05) is 0 Å². The maximum absolute atomic E-state index is 12.7. The van der Waals surface area contributed by atoms with E-state index in [9.17, 15) is 14.4 Å². The number of nitrogens with one attached hydrogen (secondary N) is 1. The minimum Gasteiger partial charge on any atom is -0.619 e. The molecule has 0 unspecified atom stereocenters. The largest absolute Gasteiger partial charge is 0.619 e. The third kappa shape index (κ3) is 3.60. The predicted molar refractivity (Wildman–Crippen MR) is 66.9 cm³/mol. The zero-order chi connectivity index (χ0) is 13.7. The van der Waals surface area contributed by atoms with Gasteiger partial charge in [0.25, 0.3) is 5.91 Å².